The second-order valence-corrected chi connectivity index (χ2v) is 4.11. The van der Waals surface area contributed by atoms with Gasteiger partial charge in [0.05, 0.1) is 6.10 Å². The van der Waals surface area contributed by atoms with E-state index in [-0.39, 0.29) is 5.57 Å². The van der Waals surface area contributed by atoms with Gasteiger partial charge < -0.3 is 4.52 Å². The largest absolute Gasteiger partial charge is 0.530 e. The van der Waals surface area contributed by atoms with Crippen molar-refractivity contribution in [2.24, 2.45) is 0 Å². The quantitative estimate of drug-likeness (QED) is 0.561. The minimum Gasteiger partial charge on any atom is -0.367 e. The summed E-state index contributed by atoms with van der Waals surface area (Å²) in [7, 11) is -4.27. The van der Waals surface area contributed by atoms with Crippen molar-refractivity contribution in [2.45, 2.75) is 26.9 Å². The molecule has 1 N–H and O–H groups in total. The third kappa shape index (κ3) is 5.58. The summed E-state index contributed by atoms with van der Waals surface area (Å²) in [5.41, 5.74) is 0.0432. The van der Waals surface area contributed by atoms with Gasteiger partial charge >= 0.3 is 13.8 Å². The van der Waals surface area contributed by atoms with Crippen molar-refractivity contribution >= 4 is 13.8 Å². The molecule has 0 bridgehead atoms. The lowest BCUT2D eigenvalue weighted by Crippen LogP contribution is -2.08. The molecular formula is C7H13O5P. The molecule has 0 aliphatic carbocycles. The van der Waals surface area contributed by atoms with Crippen molar-refractivity contribution in [2.75, 3.05) is 0 Å². The van der Waals surface area contributed by atoms with Crippen LogP contribution < -0.4 is 0 Å². The van der Waals surface area contributed by atoms with Crippen LogP contribution in [0.5, 0.6) is 0 Å². The molecule has 13 heavy (non-hydrogen) atoms. The highest BCUT2D eigenvalue weighted by Crippen LogP contribution is 2.44. The molecule has 1 atom stereocenters. The Morgan fingerprint density at radius 2 is 2.00 bits per heavy atom. The summed E-state index contributed by atoms with van der Waals surface area (Å²) in [4.78, 5) is 19.8. The molecule has 0 fully saturated rings. The van der Waals surface area contributed by atoms with Crippen LogP contribution >= 0.6 is 7.82 Å². The summed E-state index contributed by atoms with van der Waals surface area (Å²) in [6, 6.07) is 0. The summed E-state index contributed by atoms with van der Waals surface area (Å²) in [5.74, 6) is -0.938. The summed E-state index contributed by atoms with van der Waals surface area (Å²) in [6.07, 6.45) is -0.492. The number of carbonyl (C=O) groups excluding carboxylic acids is 1. The Hall–Kier alpha value is -0.640. The normalized spacial score (nSPS) is 15.2. The zero-order valence-electron chi connectivity index (χ0n) is 7.81. The molecule has 0 amide bonds. The predicted molar refractivity (Wildman–Crippen MR) is 47.0 cm³/mol. The van der Waals surface area contributed by atoms with Crippen molar-refractivity contribution in [1.82, 2.24) is 0 Å². The fourth-order valence-electron chi connectivity index (χ4n) is 0.471. The smallest absolute Gasteiger partial charge is 0.367 e. The van der Waals surface area contributed by atoms with Crippen LogP contribution in [0.2, 0.25) is 0 Å². The maximum Gasteiger partial charge on any atom is 0.530 e. The minimum absolute atomic E-state index is 0.0432. The first kappa shape index (κ1) is 12.4. The van der Waals surface area contributed by atoms with E-state index in [1.807, 2.05) is 0 Å². The van der Waals surface area contributed by atoms with Gasteiger partial charge in [-0.1, -0.05) is 6.58 Å². The van der Waals surface area contributed by atoms with Gasteiger partial charge in [0, 0.05) is 5.57 Å². The van der Waals surface area contributed by atoms with Crippen LogP contribution in [0.1, 0.15) is 20.8 Å². The predicted octanol–water partition coefficient (Wildman–Crippen LogP) is 1.63. The molecule has 0 aliphatic heterocycles. The van der Waals surface area contributed by atoms with Crippen molar-refractivity contribution in [3.8, 4) is 0 Å². The van der Waals surface area contributed by atoms with Gasteiger partial charge in [-0.15, -0.1) is 0 Å². The third-order valence-electron chi connectivity index (χ3n) is 0.891. The SMILES string of the molecule is C=C(C)C(=O)OP(=O)(O)OC(C)C. The Labute approximate surface area is 77.0 Å². The number of phosphoric acid groups is 1. The fraction of sp³-hybridized carbons (Fsp3) is 0.571. The molecule has 6 heteroatoms. The monoisotopic (exact) mass is 208 g/mol. The van der Waals surface area contributed by atoms with Crippen LogP contribution in [0.25, 0.3) is 0 Å². The van der Waals surface area contributed by atoms with Gasteiger partial charge in [0.2, 0.25) is 0 Å². The van der Waals surface area contributed by atoms with Crippen LogP contribution in [0.15, 0.2) is 12.2 Å². The zero-order chi connectivity index (χ0) is 10.6. The van der Waals surface area contributed by atoms with Gasteiger partial charge in [0.1, 0.15) is 0 Å². The highest BCUT2D eigenvalue weighted by Gasteiger charge is 2.27. The number of rotatable bonds is 4. The standard InChI is InChI=1S/C7H13O5P/c1-5(2)7(8)12-13(9,10)11-6(3)4/h6H,1H2,2-4H3,(H,9,10). The molecule has 0 aromatic rings. The number of phosphoric ester groups is 1. The maximum absolute atomic E-state index is 11.0. The molecule has 0 aromatic heterocycles. The van der Waals surface area contributed by atoms with Gasteiger partial charge in [-0.3, -0.25) is 9.42 Å². The van der Waals surface area contributed by atoms with Crippen LogP contribution in [0.4, 0.5) is 0 Å². The van der Waals surface area contributed by atoms with E-state index in [0.29, 0.717) is 0 Å². The summed E-state index contributed by atoms with van der Waals surface area (Å²) < 4.78 is 19.6. The van der Waals surface area contributed by atoms with Crippen LogP contribution in [0.3, 0.4) is 0 Å². The number of carbonyl (C=O) groups is 1. The first-order valence-corrected chi connectivity index (χ1v) is 5.15. The topological polar surface area (TPSA) is 72.8 Å². The lowest BCUT2D eigenvalue weighted by molar-refractivity contribution is -0.131. The maximum atomic E-state index is 11.0. The molecule has 0 heterocycles. The average Bonchev–Trinajstić information content (AvgIpc) is 1.81. The van der Waals surface area contributed by atoms with Crippen molar-refractivity contribution < 1.29 is 23.3 Å². The van der Waals surface area contributed by atoms with Crippen LogP contribution in [-0.2, 0) is 18.4 Å². The highest BCUT2D eigenvalue weighted by atomic mass is 31.2. The van der Waals surface area contributed by atoms with Crippen molar-refractivity contribution in [3.63, 3.8) is 0 Å². The Bertz CT molecular complexity index is 258. The molecule has 0 saturated carbocycles. The second-order valence-electron chi connectivity index (χ2n) is 2.78. The molecular weight excluding hydrogens is 195 g/mol. The summed E-state index contributed by atoms with van der Waals surface area (Å²) in [6.45, 7) is 7.73. The van der Waals surface area contributed by atoms with Gasteiger partial charge in [-0.2, -0.15) is 0 Å². The lowest BCUT2D eigenvalue weighted by Gasteiger charge is -2.13. The minimum atomic E-state index is -4.27. The third-order valence-corrected chi connectivity index (χ3v) is 1.98. The van der Waals surface area contributed by atoms with E-state index in [2.05, 4.69) is 15.6 Å². The van der Waals surface area contributed by atoms with E-state index in [1.54, 1.807) is 13.8 Å². The Morgan fingerprint density at radius 1 is 1.54 bits per heavy atom. The van der Waals surface area contributed by atoms with E-state index in [9.17, 15) is 9.36 Å². The summed E-state index contributed by atoms with van der Waals surface area (Å²) in [5, 5.41) is 0. The van der Waals surface area contributed by atoms with E-state index < -0.39 is 19.9 Å². The van der Waals surface area contributed by atoms with E-state index in [4.69, 9.17) is 4.89 Å². The molecule has 0 aromatic carbocycles. The molecule has 1 unspecified atom stereocenters. The Balaban J connectivity index is 4.26. The number of hydrogen-bond donors (Lipinski definition) is 1. The van der Waals surface area contributed by atoms with Gasteiger partial charge in [-0.05, 0) is 20.8 Å². The molecule has 0 rings (SSSR count). The summed E-state index contributed by atoms with van der Waals surface area (Å²) >= 11 is 0. The zero-order valence-corrected chi connectivity index (χ0v) is 8.71. The Kier molecular flexibility index (Phi) is 4.33. The second kappa shape index (κ2) is 4.56. The molecule has 0 aliphatic rings. The molecule has 76 valence electrons. The van der Waals surface area contributed by atoms with E-state index in [0.717, 1.165) is 0 Å². The number of hydrogen-bond acceptors (Lipinski definition) is 4. The van der Waals surface area contributed by atoms with E-state index >= 15 is 0 Å². The Morgan fingerprint density at radius 3 is 2.31 bits per heavy atom. The first-order valence-electron chi connectivity index (χ1n) is 3.65. The van der Waals surface area contributed by atoms with Crippen molar-refractivity contribution in [1.29, 1.82) is 0 Å². The molecule has 0 spiro atoms. The van der Waals surface area contributed by atoms with Crippen LogP contribution in [0, 0.1) is 0 Å². The van der Waals surface area contributed by atoms with Gasteiger partial charge in [0.15, 0.2) is 0 Å². The first-order chi connectivity index (χ1) is 5.74. The molecule has 0 radical (unpaired) electrons. The van der Waals surface area contributed by atoms with Gasteiger partial charge in [0.25, 0.3) is 0 Å². The average molecular weight is 208 g/mol. The van der Waals surface area contributed by atoms with E-state index in [1.165, 1.54) is 6.92 Å². The fourth-order valence-corrected chi connectivity index (χ4v) is 1.41. The molecule has 5 nitrogen and oxygen atoms in total. The van der Waals surface area contributed by atoms with Gasteiger partial charge in [-0.25, -0.2) is 9.36 Å². The lowest BCUT2D eigenvalue weighted by atomic mass is 10.4. The van der Waals surface area contributed by atoms with Crippen LogP contribution in [-0.4, -0.2) is 17.0 Å². The molecule has 0 saturated heterocycles. The highest BCUT2D eigenvalue weighted by molar-refractivity contribution is 7.48. The van der Waals surface area contributed by atoms with Crippen molar-refractivity contribution in [3.05, 3.63) is 12.2 Å².